The van der Waals surface area contributed by atoms with Gasteiger partial charge in [-0.25, -0.2) is 9.37 Å². The van der Waals surface area contributed by atoms with Gasteiger partial charge in [0.1, 0.15) is 15.4 Å². The summed E-state index contributed by atoms with van der Waals surface area (Å²) in [5.74, 6) is -0.342. The average molecular weight is 315 g/mol. The second-order valence-electron chi connectivity index (χ2n) is 4.78. The van der Waals surface area contributed by atoms with Crippen LogP contribution in [0.2, 0.25) is 0 Å². The predicted octanol–water partition coefficient (Wildman–Crippen LogP) is 4.40. The molecule has 0 aliphatic rings. The Morgan fingerprint density at radius 1 is 1.29 bits per heavy atom. The first-order valence-electron chi connectivity index (χ1n) is 5.15. The van der Waals surface area contributed by atoms with Crippen molar-refractivity contribution in [2.45, 2.75) is 26.2 Å². The number of thiazole rings is 1. The summed E-state index contributed by atoms with van der Waals surface area (Å²) in [5.41, 5.74) is 0.737. The highest BCUT2D eigenvalue weighted by atomic mass is 79.9. The monoisotopic (exact) mass is 314 g/mol. The Morgan fingerprint density at radius 2 is 2.00 bits per heavy atom. The van der Waals surface area contributed by atoms with Gasteiger partial charge >= 0.3 is 0 Å². The van der Waals surface area contributed by atoms with Crippen LogP contribution in [0.5, 0.6) is 0 Å². The largest absolute Gasteiger partial charge is 0.261 e. The second-order valence-corrected chi connectivity index (χ2v) is 6.53. The van der Waals surface area contributed by atoms with E-state index in [0.717, 1.165) is 14.5 Å². The van der Waals surface area contributed by atoms with Gasteiger partial charge in [-0.2, -0.15) is 0 Å². The zero-order valence-electron chi connectivity index (χ0n) is 9.79. The Hall–Kier alpha value is -0.810. The van der Waals surface area contributed by atoms with Crippen molar-refractivity contribution >= 4 is 27.3 Å². The molecule has 17 heavy (non-hydrogen) atoms. The number of nitrogens with zero attached hydrogens (tertiary/aromatic N) is 2. The minimum Gasteiger partial charge on any atom is -0.261 e. The third kappa shape index (κ3) is 2.72. The van der Waals surface area contributed by atoms with E-state index >= 15 is 0 Å². The van der Waals surface area contributed by atoms with Crippen LogP contribution in [-0.2, 0) is 5.41 Å². The molecule has 2 aromatic heterocycles. The van der Waals surface area contributed by atoms with E-state index in [9.17, 15) is 4.39 Å². The number of hydrogen-bond acceptors (Lipinski definition) is 3. The first-order valence-corrected chi connectivity index (χ1v) is 6.76. The topological polar surface area (TPSA) is 25.8 Å². The van der Waals surface area contributed by atoms with Crippen molar-refractivity contribution in [1.82, 2.24) is 9.97 Å². The molecule has 90 valence electrons. The molecule has 5 heteroatoms. The van der Waals surface area contributed by atoms with Crippen molar-refractivity contribution in [1.29, 1.82) is 0 Å². The first-order chi connectivity index (χ1) is 7.88. The fraction of sp³-hybridized carbons (Fsp3) is 0.333. The number of aromatic nitrogens is 2. The van der Waals surface area contributed by atoms with Gasteiger partial charge in [-0.15, -0.1) is 11.3 Å². The van der Waals surface area contributed by atoms with Gasteiger partial charge in [0, 0.05) is 16.6 Å². The summed E-state index contributed by atoms with van der Waals surface area (Å²) < 4.78 is 13.9. The Balaban J connectivity index is 2.49. The van der Waals surface area contributed by atoms with E-state index in [1.54, 1.807) is 17.5 Å². The predicted molar refractivity (Wildman–Crippen MR) is 71.7 cm³/mol. The van der Waals surface area contributed by atoms with E-state index in [1.807, 2.05) is 0 Å². The maximum atomic E-state index is 13.1. The molecule has 0 radical (unpaired) electrons. The lowest BCUT2D eigenvalue weighted by Crippen LogP contribution is -2.09. The van der Waals surface area contributed by atoms with E-state index in [2.05, 4.69) is 46.7 Å². The molecule has 2 nitrogen and oxygen atoms in total. The van der Waals surface area contributed by atoms with Gasteiger partial charge in [0.15, 0.2) is 0 Å². The molecule has 2 heterocycles. The van der Waals surface area contributed by atoms with Gasteiger partial charge in [-0.3, -0.25) is 4.98 Å². The van der Waals surface area contributed by atoms with Crippen molar-refractivity contribution in [3.05, 3.63) is 33.8 Å². The Bertz CT molecular complexity index is 546. The summed E-state index contributed by atoms with van der Waals surface area (Å²) in [6, 6.07) is 1.45. The zero-order valence-corrected chi connectivity index (χ0v) is 12.2. The number of pyridine rings is 1. The maximum absolute atomic E-state index is 13.1. The van der Waals surface area contributed by atoms with Crippen LogP contribution < -0.4 is 0 Å². The van der Waals surface area contributed by atoms with Crippen LogP contribution in [0.25, 0.3) is 10.6 Å². The Kier molecular flexibility index (Phi) is 3.32. The molecule has 0 aromatic carbocycles. The van der Waals surface area contributed by atoms with Crippen LogP contribution in [0, 0.1) is 5.82 Å². The number of halogens is 2. The lowest BCUT2D eigenvalue weighted by atomic mass is 9.96. The normalized spacial score (nSPS) is 11.8. The third-order valence-corrected chi connectivity index (χ3v) is 4.59. The van der Waals surface area contributed by atoms with Crippen molar-refractivity contribution in [2.75, 3.05) is 0 Å². The summed E-state index contributed by atoms with van der Waals surface area (Å²) in [4.78, 5) is 9.40. The summed E-state index contributed by atoms with van der Waals surface area (Å²) in [7, 11) is 0. The molecule has 0 saturated carbocycles. The Morgan fingerprint density at radius 3 is 2.53 bits per heavy atom. The van der Waals surface area contributed by atoms with E-state index in [0.29, 0.717) is 5.56 Å². The molecule has 0 atom stereocenters. The van der Waals surface area contributed by atoms with Crippen molar-refractivity contribution in [3.8, 4) is 10.6 Å². The molecule has 2 rings (SSSR count). The summed E-state index contributed by atoms with van der Waals surface area (Å²) in [5, 5.41) is 0.786. The molecule has 0 spiro atoms. The molecular weight excluding hydrogens is 303 g/mol. The first kappa shape index (κ1) is 12.6. The van der Waals surface area contributed by atoms with Gasteiger partial charge in [-0.1, -0.05) is 20.8 Å². The van der Waals surface area contributed by atoms with Crippen molar-refractivity contribution < 1.29 is 4.39 Å². The summed E-state index contributed by atoms with van der Waals surface area (Å²) in [6.45, 7) is 6.37. The molecule has 0 N–H and O–H groups in total. The van der Waals surface area contributed by atoms with E-state index < -0.39 is 0 Å². The second kappa shape index (κ2) is 4.46. The number of rotatable bonds is 1. The van der Waals surface area contributed by atoms with Gasteiger partial charge in [0.2, 0.25) is 0 Å². The van der Waals surface area contributed by atoms with Gasteiger partial charge in [-0.05, 0) is 27.4 Å². The molecule has 0 fully saturated rings. The van der Waals surface area contributed by atoms with Gasteiger partial charge in [0.05, 0.1) is 6.20 Å². The smallest absolute Gasteiger partial charge is 0.142 e. The highest BCUT2D eigenvalue weighted by molar-refractivity contribution is 9.10. The standard InChI is InChI=1S/C12H12BrFN2S/c1-12(2,3)9-10(13)16-11(17-9)7-4-8(14)6-15-5-7/h4-6H,1-3H3. The Labute approximate surface area is 112 Å². The molecule has 0 bridgehead atoms. The molecule has 0 aliphatic carbocycles. The fourth-order valence-electron chi connectivity index (χ4n) is 1.42. The lowest BCUT2D eigenvalue weighted by Gasteiger charge is -2.15. The van der Waals surface area contributed by atoms with Crippen LogP contribution in [0.15, 0.2) is 23.1 Å². The van der Waals surface area contributed by atoms with Crippen LogP contribution in [0.3, 0.4) is 0 Å². The minimum absolute atomic E-state index is 0.0233. The van der Waals surface area contributed by atoms with E-state index in [4.69, 9.17) is 0 Å². The highest BCUT2D eigenvalue weighted by Gasteiger charge is 2.22. The molecule has 0 amide bonds. The van der Waals surface area contributed by atoms with Gasteiger partial charge in [0.25, 0.3) is 0 Å². The maximum Gasteiger partial charge on any atom is 0.142 e. The summed E-state index contributed by atoms with van der Waals surface area (Å²) >= 11 is 5.02. The van der Waals surface area contributed by atoms with Crippen LogP contribution >= 0.6 is 27.3 Å². The van der Waals surface area contributed by atoms with Crippen LogP contribution in [-0.4, -0.2) is 9.97 Å². The van der Waals surface area contributed by atoms with Crippen LogP contribution in [0.1, 0.15) is 25.6 Å². The van der Waals surface area contributed by atoms with E-state index in [1.165, 1.54) is 12.3 Å². The van der Waals surface area contributed by atoms with Crippen molar-refractivity contribution in [3.63, 3.8) is 0 Å². The molecule has 0 aliphatic heterocycles. The average Bonchev–Trinajstić information content (AvgIpc) is 2.60. The van der Waals surface area contributed by atoms with Crippen LogP contribution in [0.4, 0.5) is 4.39 Å². The molecular formula is C12H12BrFN2S. The summed E-state index contributed by atoms with van der Waals surface area (Å²) in [6.07, 6.45) is 2.82. The minimum atomic E-state index is -0.342. The van der Waals surface area contributed by atoms with Crippen molar-refractivity contribution in [2.24, 2.45) is 0 Å². The van der Waals surface area contributed by atoms with Gasteiger partial charge < -0.3 is 0 Å². The molecule has 2 aromatic rings. The highest BCUT2D eigenvalue weighted by Crippen LogP contribution is 2.38. The number of hydrogen-bond donors (Lipinski definition) is 0. The van der Waals surface area contributed by atoms with E-state index in [-0.39, 0.29) is 11.2 Å². The zero-order chi connectivity index (χ0) is 12.6. The lowest BCUT2D eigenvalue weighted by molar-refractivity contribution is 0.599. The fourth-order valence-corrected chi connectivity index (χ4v) is 3.54. The third-order valence-electron chi connectivity index (χ3n) is 2.22. The quantitative estimate of drug-likeness (QED) is 0.779. The SMILES string of the molecule is CC(C)(C)c1sc(-c2cncc(F)c2)nc1Br. The molecule has 0 unspecified atom stereocenters. The molecule has 0 saturated heterocycles.